The molecule has 0 bridgehead atoms. The van der Waals surface area contributed by atoms with Crippen molar-refractivity contribution in [2.24, 2.45) is 4.99 Å². The van der Waals surface area contributed by atoms with Crippen LogP contribution in [0.2, 0.25) is 0 Å². The summed E-state index contributed by atoms with van der Waals surface area (Å²) in [6, 6.07) is 9.78. The summed E-state index contributed by atoms with van der Waals surface area (Å²) >= 11 is 0. The molecular weight excluding hydrogens is 334 g/mol. The van der Waals surface area contributed by atoms with Gasteiger partial charge in [-0.05, 0) is 56.9 Å². The molecule has 2 aliphatic rings. The molecule has 5 nitrogen and oxygen atoms in total. The Hall–Kier alpha value is -1.59. The van der Waals surface area contributed by atoms with Gasteiger partial charge in [-0.3, -0.25) is 9.89 Å². The topological polar surface area (TPSA) is 42.9 Å². The third kappa shape index (κ3) is 6.51. The van der Waals surface area contributed by atoms with Crippen molar-refractivity contribution in [1.82, 2.24) is 20.4 Å². The van der Waals surface area contributed by atoms with Crippen LogP contribution in [-0.4, -0.2) is 62.1 Å². The Morgan fingerprint density at radius 3 is 2.37 bits per heavy atom. The maximum Gasteiger partial charge on any atom is 0.191 e. The van der Waals surface area contributed by atoms with Gasteiger partial charge in [0.2, 0.25) is 0 Å². The number of hydrogen-bond donors (Lipinski definition) is 2. The molecule has 0 atom stereocenters. The fourth-order valence-corrected chi connectivity index (χ4v) is 4.25. The average Bonchev–Trinajstić information content (AvgIpc) is 3.39. The Morgan fingerprint density at radius 1 is 1.04 bits per heavy atom. The monoisotopic (exact) mass is 371 g/mol. The highest BCUT2D eigenvalue weighted by molar-refractivity contribution is 5.79. The number of nitrogens with zero attached hydrogens (tertiary/aromatic N) is 3. The fraction of sp³-hybridized carbons (Fsp3) is 0.682. The highest BCUT2D eigenvalue weighted by Gasteiger charge is 2.18. The van der Waals surface area contributed by atoms with Crippen LogP contribution >= 0.6 is 0 Å². The van der Waals surface area contributed by atoms with E-state index >= 15 is 0 Å². The van der Waals surface area contributed by atoms with Gasteiger partial charge in [-0.25, -0.2) is 0 Å². The maximum absolute atomic E-state index is 4.35. The van der Waals surface area contributed by atoms with E-state index in [1.54, 1.807) is 0 Å². The lowest BCUT2D eigenvalue weighted by atomic mass is 10.1. The zero-order chi connectivity index (χ0) is 18.9. The first kappa shape index (κ1) is 20.2. The molecule has 0 spiro atoms. The Kier molecular flexibility index (Phi) is 7.96. The van der Waals surface area contributed by atoms with Gasteiger partial charge in [-0.1, -0.05) is 37.1 Å². The molecule has 0 amide bonds. The number of likely N-dealkylation sites (N-methyl/N-ethyl adjacent to an activating group) is 1. The zero-order valence-electron chi connectivity index (χ0n) is 17.2. The predicted molar refractivity (Wildman–Crippen MR) is 114 cm³/mol. The van der Waals surface area contributed by atoms with Crippen LogP contribution in [0.15, 0.2) is 29.3 Å². The number of hydrogen-bond acceptors (Lipinski definition) is 3. The lowest BCUT2D eigenvalue weighted by Gasteiger charge is -2.24. The number of rotatable bonds is 8. The molecule has 0 radical (unpaired) electrons. The molecule has 1 saturated carbocycles. The van der Waals surface area contributed by atoms with Crippen molar-refractivity contribution in [2.45, 2.75) is 57.7 Å². The van der Waals surface area contributed by atoms with E-state index in [0.717, 1.165) is 38.2 Å². The minimum Gasteiger partial charge on any atom is -0.355 e. The van der Waals surface area contributed by atoms with Crippen molar-refractivity contribution in [2.75, 3.05) is 40.3 Å². The van der Waals surface area contributed by atoms with Crippen LogP contribution in [0.3, 0.4) is 0 Å². The van der Waals surface area contributed by atoms with E-state index in [1.165, 1.54) is 62.7 Å². The smallest absolute Gasteiger partial charge is 0.191 e. The highest BCUT2D eigenvalue weighted by atomic mass is 15.2. The van der Waals surface area contributed by atoms with E-state index in [9.17, 15) is 0 Å². The Balaban J connectivity index is 1.35. The van der Waals surface area contributed by atoms with Crippen LogP contribution < -0.4 is 10.6 Å². The van der Waals surface area contributed by atoms with Gasteiger partial charge in [0.15, 0.2) is 5.96 Å². The van der Waals surface area contributed by atoms with Crippen molar-refractivity contribution in [1.29, 1.82) is 0 Å². The van der Waals surface area contributed by atoms with Crippen LogP contribution in [0.5, 0.6) is 0 Å². The van der Waals surface area contributed by atoms with Crippen LogP contribution in [0.25, 0.3) is 0 Å². The Bertz CT molecular complexity index is 571. The number of benzene rings is 1. The summed E-state index contributed by atoms with van der Waals surface area (Å²) in [4.78, 5) is 9.39. The van der Waals surface area contributed by atoms with Crippen LogP contribution in [0.1, 0.15) is 49.7 Å². The van der Waals surface area contributed by atoms with Gasteiger partial charge < -0.3 is 15.5 Å². The van der Waals surface area contributed by atoms with Gasteiger partial charge in [0.25, 0.3) is 0 Å². The standard InChI is InChI=1S/C22H37N5/c1-23-22(24-13-16-26(2)21-7-3-4-8-21)25-17-19-9-11-20(12-10-19)18-27-14-5-6-15-27/h9-12,21H,3-8,13-18H2,1-2H3,(H2,23,24,25). The SMILES string of the molecule is CN=C(NCCN(C)C1CCCC1)NCc1ccc(CN2CCCC2)cc1. The summed E-state index contributed by atoms with van der Waals surface area (Å²) in [6.07, 6.45) is 8.20. The quantitative estimate of drug-likeness (QED) is 0.545. The summed E-state index contributed by atoms with van der Waals surface area (Å²) in [5, 5.41) is 6.88. The first-order valence-electron chi connectivity index (χ1n) is 10.7. The summed E-state index contributed by atoms with van der Waals surface area (Å²) in [7, 11) is 4.09. The number of likely N-dealkylation sites (tertiary alicyclic amines) is 1. The number of nitrogens with one attached hydrogen (secondary N) is 2. The maximum atomic E-state index is 4.35. The molecule has 1 saturated heterocycles. The van der Waals surface area contributed by atoms with Crippen molar-refractivity contribution in [3.63, 3.8) is 0 Å². The molecule has 5 heteroatoms. The van der Waals surface area contributed by atoms with E-state index in [1.807, 2.05) is 7.05 Å². The number of aliphatic imine (C=N–C) groups is 1. The first-order chi connectivity index (χ1) is 13.2. The molecule has 2 fully saturated rings. The highest BCUT2D eigenvalue weighted by Crippen LogP contribution is 2.21. The van der Waals surface area contributed by atoms with Gasteiger partial charge in [0.05, 0.1) is 0 Å². The molecule has 0 unspecified atom stereocenters. The largest absolute Gasteiger partial charge is 0.355 e. The third-order valence-electron chi connectivity index (χ3n) is 6.02. The molecule has 1 aromatic rings. The Labute approximate surface area is 165 Å². The van der Waals surface area contributed by atoms with E-state index in [0.29, 0.717) is 0 Å². The Morgan fingerprint density at radius 2 is 1.70 bits per heavy atom. The van der Waals surface area contributed by atoms with Crippen molar-refractivity contribution in [3.05, 3.63) is 35.4 Å². The molecule has 2 N–H and O–H groups in total. The van der Waals surface area contributed by atoms with Crippen LogP contribution in [0.4, 0.5) is 0 Å². The molecule has 150 valence electrons. The van der Waals surface area contributed by atoms with Gasteiger partial charge in [-0.2, -0.15) is 0 Å². The fourth-order valence-electron chi connectivity index (χ4n) is 4.25. The number of guanidine groups is 1. The van der Waals surface area contributed by atoms with E-state index < -0.39 is 0 Å². The second-order valence-electron chi connectivity index (χ2n) is 8.07. The van der Waals surface area contributed by atoms with E-state index in [4.69, 9.17) is 0 Å². The van der Waals surface area contributed by atoms with E-state index in [-0.39, 0.29) is 0 Å². The molecule has 1 aliphatic carbocycles. The molecule has 1 heterocycles. The first-order valence-corrected chi connectivity index (χ1v) is 10.7. The summed E-state index contributed by atoms with van der Waals surface area (Å²) in [5.74, 6) is 0.885. The molecule has 1 aliphatic heterocycles. The lowest BCUT2D eigenvalue weighted by Crippen LogP contribution is -2.42. The minimum atomic E-state index is 0.779. The van der Waals surface area contributed by atoms with Crippen LogP contribution in [-0.2, 0) is 13.1 Å². The molecule has 0 aromatic heterocycles. The summed E-state index contributed by atoms with van der Waals surface area (Å²) < 4.78 is 0. The second kappa shape index (κ2) is 10.7. The zero-order valence-corrected chi connectivity index (χ0v) is 17.2. The van der Waals surface area contributed by atoms with Gasteiger partial charge in [-0.15, -0.1) is 0 Å². The van der Waals surface area contributed by atoms with E-state index in [2.05, 4.69) is 56.7 Å². The van der Waals surface area contributed by atoms with Gasteiger partial charge in [0.1, 0.15) is 0 Å². The average molecular weight is 372 g/mol. The lowest BCUT2D eigenvalue weighted by molar-refractivity contribution is 0.249. The minimum absolute atomic E-state index is 0.779. The normalized spacial score (nSPS) is 19.1. The van der Waals surface area contributed by atoms with Crippen molar-refractivity contribution in [3.8, 4) is 0 Å². The van der Waals surface area contributed by atoms with Crippen molar-refractivity contribution >= 4 is 5.96 Å². The molecule has 27 heavy (non-hydrogen) atoms. The molecule has 3 rings (SSSR count). The molecular formula is C22H37N5. The third-order valence-corrected chi connectivity index (χ3v) is 6.02. The summed E-state index contributed by atoms with van der Waals surface area (Å²) in [5.41, 5.74) is 2.71. The van der Waals surface area contributed by atoms with Crippen LogP contribution in [0, 0.1) is 0 Å². The predicted octanol–water partition coefficient (Wildman–Crippen LogP) is 2.82. The molecule has 1 aromatic carbocycles. The second-order valence-corrected chi connectivity index (χ2v) is 8.07. The summed E-state index contributed by atoms with van der Waals surface area (Å²) in [6.45, 7) is 6.40. The van der Waals surface area contributed by atoms with Gasteiger partial charge in [0, 0.05) is 39.3 Å². The van der Waals surface area contributed by atoms with Crippen molar-refractivity contribution < 1.29 is 0 Å². The van der Waals surface area contributed by atoms with Gasteiger partial charge >= 0.3 is 0 Å².